The zero-order valence-corrected chi connectivity index (χ0v) is 14.1. The first kappa shape index (κ1) is 16.1. The lowest BCUT2D eigenvalue weighted by Crippen LogP contribution is -2.23. The topological polar surface area (TPSA) is 27.1 Å². The minimum atomic E-state index is -0.410. The van der Waals surface area contributed by atoms with Crippen LogP contribution >= 0.6 is 11.6 Å². The maximum atomic E-state index is 13.9. The van der Waals surface area contributed by atoms with E-state index in [4.69, 9.17) is 16.3 Å². The van der Waals surface area contributed by atoms with Crippen molar-refractivity contribution in [3.05, 3.63) is 23.8 Å². The van der Waals surface area contributed by atoms with Gasteiger partial charge in [-0.3, -0.25) is 0 Å². The average molecular weight is 313 g/mol. The third-order valence-corrected chi connectivity index (χ3v) is 4.18. The van der Waals surface area contributed by atoms with Crippen molar-refractivity contribution in [2.45, 2.75) is 46.0 Å². The lowest BCUT2D eigenvalue weighted by molar-refractivity contribution is 0.262. The molecule has 0 spiro atoms. The van der Waals surface area contributed by atoms with Gasteiger partial charge in [0.05, 0.1) is 23.5 Å². The van der Waals surface area contributed by atoms with Gasteiger partial charge in [0, 0.05) is 18.2 Å². The number of hydrogen-bond acceptors (Lipinski definition) is 2. The van der Waals surface area contributed by atoms with Crippen LogP contribution in [-0.4, -0.2) is 16.7 Å². The quantitative estimate of drug-likeness (QED) is 0.738. The first-order chi connectivity index (χ1) is 9.66. The lowest BCUT2D eigenvalue weighted by Gasteiger charge is -2.31. The molecular formula is C16H22ClFN2O. The second-order valence-electron chi connectivity index (χ2n) is 6.47. The Labute approximate surface area is 130 Å². The Morgan fingerprint density at radius 1 is 1.29 bits per heavy atom. The van der Waals surface area contributed by atoms with Crippen LogP contribution in [0, 0.1) is 11.2 Å². The molecule has 0 aliphatic heterocycles. The molecule has 2 atom stereocenters. The molecule has 5 heteroatoms. The molecule has 2 rings (SSSR count). The van der Waals surface area contributed by atoms with E-state index in [1.807, 2.05) is 6.92 Å². The van der Waals surface area contributed by atoms with Gasteiger partial charge < -0.3 is 9.30 Å². The highest BCUT2D eigenvalue weighted by Gasteiger charge is 2.28. The lowest BCUT2D eigenvalue weighted by atomic mass is 9.87. The number of nitrogens with zero attached hydrogens (tertiary/aromatic N) is 2. The van der Waals surface area contributed by atoms with Crippen molar-refractivity contribution >= 4 is 22.6 Å². The third kappa shape index (κ3) is 2.86. The molecule has 0 N–H and O–H groups in total. The minimum Gasteiger partial charge on any atom is -0.494 e. The van der Waals surface area contributed by atoms with Crippen molar-refractivity contribution < 1.29 is 9.13 Å². The first-order valence-electron chi connectivity index (χ1n) is 7.06. The summed E-state index contributed by atoms with van der Waals surface area (Å²) in [6.45, 7) is 10.5. The summed E-state index contributed by atoms with van der Waals surface area (Å²) in [5.74, 6) is 0.562. The van der Waals surface area contributed by atoms with Crippen molar-refractivity contribution in [1.29, 1.82) is 0 Å². The normalized spacial score (nSPS) is 15.2. The molecule has 21 heavy (non-hydrogen) atoms. The van der Waals surface area contributed by atoms with Crippen molar-refractivity contribution in [3.63, 3.8) is 0 Å². The fraction of sp³-hybridized carbons (Fsp3) is 0.562. The van der Waals surface area contributed by atoms with Gasteiger partial charge in [0.25, 0.3) is 0 Å². The monoisotopic (exact) mass is 312 g/mol. The highest BCUT2D eigenvalue weighted by molar-refractivity contribution is 6.20. The molecule has 0 radical (unpaired) electrons. The van der Waals surface area contributed by atoms with Gasteiger partial charge >= 0.3 is 0 Å². The third-order valence-electron chi connectivity index (χ3n) is 3.99. The van der Waals surface area contributed by atoms with Crippen molar-refractivity contribution in [2.75, 3.05) is 7.11 Å². The second kappa shape index (κ2) is 5.48. The summed E-state index contributed by atoms with van der Waals surface area (Å²) < 4.78 is 21.1. The summed E-state index contributed by atoms with van der Waals surface area (Å²) in [5.41, 5.74) is 1.47. The van der Waals surface area contributed by atoms with Crippen LogP contribution in [0.2, 0.25) is 0 Å². The Morgan fingerprint density at radius 2 is 1.90 bits per heavy atom. The largest absolute Gasteiger partial charge is 0.494 e. The zero-order valence-electron chi connectivity index (χ0n) is 13.4. The maximum Gasteiger partial charge on any atom is 0.167 e. The molecule has 1 aromatic carbocycles. The fourth-order valence-electron chi connectivity index (χ4n) is 2.35. The van der Waals surface area contributed by atoms with Gasteiger partial charge in [0.15, 0.2) is 11.6 Å². The summed E-state index contributed by atoms with van der Waals surface area (Å²) in [4.78, 5) is 4.52. The van der Waals surface area contributed by atoms with Crippen molar-refractivity contribution in [3.8, 4) is 5.75 Å². The molecule has 0 aliphatic rings. The molecule has 0 saturated carbocycles. The number of ether oxygens (including phenoxy) is 1. The van der Waals surface area contributed by atoms with Gasteiger partial charge in [0.1, 0.15) is 5.82 Å². The number of aromatic nitrogens is 2. The standard InChI is InChI=1S/C16H22ClFN2O/c1-9(17)15-19-12-7-11(18)14(21-6)8-13(12)20(15)10(2)16(3,4)5/h7-10H,1-6H3. The van der Waals surface area contributed by atoms with E-state index in [1.165, 1.54) is 13.2 Å². The number of alkyl halides is 1. The van der Waals surface area contributed by atoms with Crippen molar-refractivity contribution in [2.24, 2.45) is 5.41 Å². The molecule has 0 amide bonds. The minimum absolute atomic E-state index is 0.0236. The average Bonchev–Trinajstić information content (AvgIpc) is 2.73. The van der Waals surface area contributed by atoms with E-state index >= 15 is 0 Å². The van der Waals surface area contributed by atoms with Gasteiger partial charge in [0.2, 0.25) is 0 Å². The van der Waals surface area contributed by atoms with Crippen LogP contribution in [0.25, 0.3) is 11.0 Å². The van der Waals surface area contributed by atoms with Crippen LogP contribution in [0.3, 0.4) is 0 Å². The number of benzene rings is 1. The van der Waals surface area contributed by atoms with E-state index in [1.54, 1.807) is 6.07 Å². The molecule has 3 nitrogen and oxygen atoms in total. The number of imidazole rings is 1. The van der Waals surface area contributed by atoms with Crippen LogP contribution in [0.5, 0.6) is 5.75 Å². The Kier molecular flexibility index (Phi) is 4.20. The molecular weight excluding hydrogens is 291 g/mol. The SMILES string of the molecule is COc1cc2c(cc1F)nc(C(C)Cl)n2C(C)C(C)(C)C. The summed E-state index contributed by atoms with van der Waals surface area (Å²) >= 11 is 6.28. The van der Waals surface area contributed by atoms with Gasteiger partial charge in [-0.15, -0.1) is 11.6 Å². The number of halogens is 2. The molecule has 0 aliphatic carbocycles. The van der Waals surface area contributed by atoms with Gasteiger partial charge in [-0.1, -0.05) is 20.8 Å². The number of hydrogen-bond donors (Lipinski definition) is 0. The molecule has 2 aromatic rings. The van der Waals surface area contributed by atoms with E-state index in [0.29, 0.717) is 5.52 Å². The number of methoxy groups -OCH3 is 1. The smallest absolute Gasteiger partial charge is 0.167 e. The molecule has 2 unspecified atom stereocenters. The van der Waals surface area contributed by atoms with Gasteiger partial charge in [-0.25, -0.2) is 9.37 Å². The molecule has 116 valence electrons. The molecule has 0 bridgehead atoms. The molecule has 1 heterocycles. The summed E-state index contributed by atoms with van der Waals surface area (Å²) in [6.07, 6.45) is 0. The van der Waals surface area contributed by atoms with Gasteiger partial charge in [-0.2, -0.15) is 0 Å². The highest BCUT2D eigenvalue weighted by atomic mass is 35.5. The number of rotatable bonds is 3. The van der Waals surface area contributed by atoms with Crippen LogP contribution in [0.1, 0.15) is 51.9 Å². The molecule has 0 saturated heterocycles. The van der Waals surface area contributed by atoms with E-state index in [9.17, 15) is 4.39 Å². The Bertz CT molecular complexity index is 658. The van der Waals surface area contributed by atoms with Crippen LogP contribution in [0.4, 0.5) is 4.39 Å². The summed E-state index contributed by atoms with van der Waals surface area (Å²) in [6, 6.07) is 3.26. The predicted octanol–water partition coefficient (Wildman–Crippen LogP) is 5.09. The first-order valence-corrected chi connectivity index (χ1v) is 7.50. The van der Waals surface area contributed by atoms with Crippen LogP contribution < -0.4 is 4.74 Å². The predicted molar refractivity (Wildman–Crippen MR) is 84.7 cm³/mol. The van der Waals surface area contributed by atoms with Crippen LogP contribution in [-0.2, 0) is 0 Å². The van der Waals surface area contributed by atoms with E-state index in [0.717, 1.165) is 11.3 Å². The number of fused-ring (bicyclic) bond motifs is 1. The Balaban J connectivity index is 2.78. The molecule has 0 fully saturated rings. The van der Waals surface area contributed by atoms with Crippen molar-refractivity contribution in [1.82, 2.24) is 9.55 Å². The highest BCUT2D eigenvalue weighted by Crippen LogP contribution is 2.38. The fourth-order valence-corrected chi connectivity index (χ4v) is 2.50. The second-order valence-corrected chi connectivity index (χ2v) is 7.13. The summed E-state index contributed by atoms with van der Waals surface area (Å²) in [5, 5.41) is -0.253. The van der Waals surface area contributed by atoms with E-state index in [-0.39, 0.29) is 22.6 Å². The summed E-state index contributed by atoms with van der Waals surface area (Å²) in [7, 11) is 1.46. The Hall–Kier alpha value is -1.29. The maximum absolute atomic E-state index is 13.9. The molecule has 1 aromatic heterocycles. The van der Waals surface area contributed by atoms with E-state index in [2.05, 4.69) is 37.2 Å². The van der Waals surface area contributed by atoms with Gasteiger partial charge in [-0.05, 0) is 19.3 Å². The van der Waals surface area contributed by atoms with Crippen LogP contribution in [0.15, 0.2) is 12.1 Å². The Morgan fingerprint density at radius 3 is 2.38 bits per heavy atom. The van der Waals surface area contributed by atoms with E-state index < -0.39 is 5.82 Å². The zero-order chi connectivity index (χ0) is 15.9.